The van der Waals surface area contributed by atoms with Crippen molar-refractivity contribution in [2.45, 2.75) is 39.7 Å². The first-order valence-corrected chi connectivity index (χ1v) is 8.29. The van der Waals surface area contributed by atoms with Crippen LogP contribution in [0.5, 0.6) is 0 Å². The van der Waals surface area contributed by atoms with Crippen molar-refractivity contribution < 1.29 is 4.74 Å². The van der Waals surface area contributed by atoms with Crippen LogP contribution in [0.1, 0.15) is 37.3 Å². The van der Waals surface area contributed by atoms with Crippen LogP contribution in [0.15, 0.2) is 18.2 Å². The zero-order valence-corrected chi connectivity index (χ0v) is 13.8. The predicted octanol–water partition coefficient (Wildman–Crippen LogP) is 3.36. The SMILES string of the molecule is CCCNCc1ccc(N(C)CC2CCCOC2)c(C)c1. The molecule has 0 saturated carbocycles. The minimum absolute atomic E-state index is 0.675. The lowest BCUT2D eigenvalue weighted by molar-refractivity contribution is 0.0576. The number of ether oxygens (including phenoxy) is 1. The number of aryl methyl sites for hydroxylation is 1. The summed E-state index contributed by atoms with van der Waals surface area (Å²) in [6.45, 7) is 9.42. The number of rotatable bonds is 7. The van der Waals surface area contributed by atoms with Gasteiger partial charge in [0, 0.05) is 32.4 Å². The van der Waals surface area contributed by atoms with Crippen LogP contribution in [0.3, 0.4) is 0 Å². The van der Waals surface area contributed by atoms with Gasteiger partial charge in [-0.3, -0.25) is 0 Å². The number of hydrogen-bond acceptors (Lipinski definition) is 3. The van der Waals surface area contributed by atoms with Crippen molar-refractivity contribution in [1.82, 2.24) is 5.32 Å². The molecule has 3 heteroatoms. The molecular formula is C18H30N2O. The molecule has 0 amide bonds. The maximum atomic E-state index is 5.59. The Hall–Kier alpha value is -1.06. The molecule has 1 aliphatic rings. The van der Waals surface area contributed by atoms with E-state index in [1.807, 2.05) is 0 Å². The molecule has 1 fully saturated rings. The van der Waals surface area contributed by atoms with Crippen LogP contribution >= 0.6 is 0 Å². The van der Waals surface area contributed by atoms with Crippen LogP contribution < -0.4 is 10.2 Å². The number of nitrogens with one attached hydrogen (secondary N) is 1. The van der Waals surface area contributed by atoms with E-state index in [-0.39, 0.29) is 0 Å². The molecule has 0 spiro atoms. The van der Waals surface area contributed by atoms with E-state index in [9.17, 15) is 0 Å². The minimum atomic E-state index is 0.675. The lowest BCUT2D eigenvalue weighted by Crippen LogP contribution is -2.31. The smallest absolute Gasteiger partial charge is 0.0511 e. The van der Waals surface area contributed by atoms with Crippen LogP contribution in [-0.4, -0.2) is 33.4 Å². The molecule has 1 aliphatic heterocycles. The molecule has 3 nitrogen and oxygen atoms in total. The van der Waals surface area contributed by atoms with Crippen molar-refractivity contribution in [2.24, 2.45) is 5.92 Å². The maximum absolute atomic E-state index is 5.59. The van der Waals surface area contributed by atoms with Gasteiger partial charge in [0.05, 0.1) is 6.61 Å². The summed E-state index contributed by atoms with van der Waals surface area (Å²) < 4.78 is 5.59. The summed E-state index contributed by atoms with van der Waals surface area (Å²) in [7, 11) is 2.20. The Kier molecular flexibility index (Phi) is 6.52. The van der Waals surface area contributed by atoms with Crippen molar-refractivity contribution >= 4 is 5.69 Å². The number of nitrogens with zero attached hydrogens (tertiary/aromatic N) is 1. The van der Waals surface area contributed by atoms with Crippen molar-refractivity contribution in [3.05, 3.63) is 29.3 Å². The molecule has 1 aromatic rings. The topological polar surface area (TPSA) is 24.5 Å². The predicted molar refractivity (Wildman–Crippen MR) is 90.0 cm³/mol. The first kappa shape index (κ1) is 16.3. The summed E-state index contributed by atoms with van der Waals surface area (Å²) in [6.07, 6.45) is 3.69. The second-order valence-electron chi connectivity index (χ2n) is 6.26. The van der Waals surface area contributed by atoms with Crippen LogP contribution in [0, 0.1) is 12.8 Å². The van der Waals surface area contributed by atoms with Crippen molar-refractivity contribution in [1.29, 1.82) is 0 Å². The Morgan fingerprint density at radius 1 is 1.38 bits per heavy atom. The second-order valence-corrected chi connectivity index (χ2v) is 6.26. The van der Waals surface area contributed by atoms with Crippen molar-refractivity contribution in [3.8, 4) is 0 Å². The van der Waals surface area contributed by atoms with E-state index >= 15 is 0 Å². The van der Waals surface area contributed by atoms with Crippen molar-refractivity contribution in [3.63, 3.8) is 0 Å². The quantitative estimate of drug-likeness (QED) is 0.779. The van der Waals surface area contributed by atoms with E-state index in [1.54, 1.807) is 0 Å². The van der Waals surface area contributed by atoms with Gasteiger partial charge in [-0.05, 0) is 55.8 Å². The molecule has 1 saturated heterocycles. The standard InChI is InChI=1S/C18H30N2O/c1-4-9-19-12-16-7-8-18(15(2)11-16)20(3)13-17-6-5-10-21-14-17/h7-8,11,17,19H,4-6,9-10,12-14H2,1-3H3. The van der Waals surface area contributed by atoms with Crippen LogP contribution in [0.25, 0.3) is 0 Å². The molecule has 0 radical (unpaired) electrons. The molecule has 21 heavy (non-hydrogen) atoms. The molecular weight excluding hydrogens is 260 g/mol. The molecule has 1 atom stereocenters. The molecule has 1 aromatic carbocycles. The van der Waals surface area contributed by atoms with Gasteiger partial charge in [0.25, 0.3) is 0 Å². The van der Waals surface area contributed by atoms with Gasteiger partial charge in [0.2, 0.25) is 0 Å². The highest BCUT2D eigenvalue weighted by molar-refractivity contribution is 5.54. The molecule has 0 bridgehead atoms. The fraction of sp³-hybridized carbons (Fsp3) is 0.667. The van der Waals surface area contributed by atoms with E-state index in [0.717, 1.165) is 32.8 Å². The summed E-state index contributed by atoms with van der Waals surface area (Å²) in [6, 6.07) is 6.83. The monoisotopic (exact) mass is 290 g/mol. The number of anilines is 1. The van der Waals surface area contributed by atoms with Gasteiger partial charge in [-0.15, -0.1) is 0 Å². The second kappa shape index (κ2) is 8.40. The van der Waals surface area contributed by atoms with Gasteiger partial charge in [-0.2, -0.15) is 0 Å². The molecule has 2 rings (SSSR count). The van der Waals surface area contributed by atoms with E-state index in [0.29, 0.717) is 5.92 Å². The van der Waals surface area contributed by atoms with Gasteiger partial charge in [0.15, 0.2) is 0 Å². The summed E-state index contributed by atoms with van der Waals surface area (Å²) in [5.41, 5.74) is 4.09. The molecule has 118 valence electrons. The zero-order valence-electron chi connectivity index (χ0n) is 13.8. The van der Waals surface area contributed by atoms with E-state index in [1.165, 1.54) is 36.1 Å². The minimum Gasteiger partial charge on any atom is -0.381 e. The highest BCUT2D eigenvalue weighted by Gasteiger charge is 2.17. The Balaban J connectivity index is 1.92. The van der Waals surface area contributed by atoms with Crippen LogP contribution in [-0.2, 0) is 11.3 Å². The van der Waals surface area contributed by atoms with Gasteiger partial charge in [-0.1, -0.05) is 19.1 Å². The molecule has 1 unspecified atom stereocenters. The molecule has 0 aliphatic carbocycles. The number of benzene rings is 1. The van der Waals surface area contributed by atoms with Gasteiger partial charge < -0.3 is 15.0 Å². The van der Waals surface area contributed by atoms with Crippen LogP contribution in [0.4, 0.5) is 5.69 Å². The molecule has 1 heterocycles. The van der Waals surface area contributed by atoms with Crippen molar-refractivity contribution in [2.75, 3.05) is 38.3 Å². The normalized spacial score (nSPS) is 18.7. The summed E-state index contributed by atoms with van der Waals surface area (Å²) in [5, 5.41) is 3.46. The number of hydrogen-bond donors (Lipinski definition) is 1. The van der Waals surface area contributed by atoms with Crippen LogP contribution in [0.2, 0.25) is 0 Å². The van der Waals surface area contributed by atoms with E-state index < -0.39 is 0 Å². The zero-order chi connectivity index (χ0) is 15.1. The average Bonchev–Trinajstić information content (AvgIpc) is 2.48. The Morgan fingerprint density at radius 3 is 2.90 bits per heavy atom. The van der Waals surface area contributed by atoms with Gasteiger partial charge in [-0.25, -0.2) is 0 Å². The van der Waals surface area contributed by atoms with E-state index in [2.05, 4.69) is 49.3 Å². The first-order valence-electron chi connectivity index (χ1n) is 8.29. The first-order chi connectivity index (χ1) is 10.2. The fourth-order valence-electron chi connectivity index (χ4n) is 3.10. The fourth-order valence-corrected chi connectivity index (χ4v) is 3.10. The maximum Gasteiger partial charge on any atom is 0.0511 e. The highest BCUT2D eigenvalue weighted by atomic mass is 16.5. The Morgan fingerprint density at radius 2 is 2.24 bits per heavy atom. The Labute approximate surface area is 129 Å². The van der Waals surface area contributed by atoms with E-state index in [4.69, 9.17) is 4.74 Å². The lowest BCUT2D eigenvalue weighted by Gasteiger charge is -2.29. The summed E-state index contributed by atoms with van der Waals surface area (Å²) >= 11 is 0. The van der Waals surface area contributed by atoms with Gasteiger partial charge in [0.1, 0.15) is 0 Å². The average molecular weight is 290 g/mol. The summed E-state index contributed by atoms with van der Waals surface area (Å²) in [4.78, 5) is 2.39. The Bertz CT molecular complexity index is 427. The third-order valence-corrected chi connectivity index (χ3v) is 4.22. The molecule has 1 N–H and O–H groups in total. The van der Waals surface area contributed by atoms with Gasteiger partial charge >= 0.3 is 0 Å². The summed E-state index contributed by atoms with van der Waals surface area (Å²) in [5.74, 6) is 0.675. The third kappa shape index (κ3) is 5.01. The molecule has 0 aromatic heterocycles. The largest absolute Gasteiger partial charge is 0.381 e. The highest BCUT2D eigenvalue weighted by Crippen LogP contribution is 2.23. The third-order valence-electron chi connectivity index (χ3n) is 4.22. The lowest BCUT2D eigenvalue weighted by atomic mass is 10.0.